The molecule has 0 radical (unpaired) electrons. The summed E-state index contributed by atoms with van der Waals surface area (Å²) in [6, 6.07) is 11.7. The summed E-state index contributed by atoms with van der Waals surface area (Å²) < 4.78 is 6.93. The second-order valence-electron chi connectivity index (χ2n) is 8.48. The normalized spacial score (nSPS) is 12.1. The first-order valence-corrected chi connectivity index (χ1v) is 11.0. The van der Waals surface area contributed by atoms with Crippen LogP contribution in [-0.2, 0) is 22.5 Å². The number of carbonyl (C=O) groups excluding carboxylic acids is 2. The van der Waals surface area contributed by atoms with Crippen LogP contribution in [0.4, 0.5) is 11.4 Å². The quantitative estimate of drug-likeness (QED) is 0.468. The van der Waals surface area contributed by atoms with Crippen molar-refractivity contribution in [1.29, 1.82) is 0 Å². The number of amides is 1. The second kappa shape index (κ2) is 10.3. The van der Waals surface area contributed by atoms with E-state index in [9.17, 15) is 9.59 Å². The molecule has 0 spiro atoms. The fourth-order valence-corrected chi connectivity index (χ4v) is 3.63. The van der Waals surface area contributed by atoms with Gasteiger partial charge in [-0.1, -0.05) is 51.1 Å². The smallest absolute Gasteiger partial charge is 0.356 e. The summed E-state index contributed by atoms with van der Waals surface area (Å²) in [4.78, 5) is 30.4. The third kappa shape index (κ3) is 5.28. The minimum absolute atomic E-state index is 0.203. The predicted octanol–water partition coefficient (Wildman–Crippen LogP) is 4.87. The molecule has 1 unspecified atom stereocenters. The lowest BCUT2D eigenvalue weighted by molar-refractivity contribution is -0.115. The first-order valence-electron chi connectivity index (χ1n) is 11.0. The number of rotatable bonds is 9. The SMILES string of the molecule is CCC(C)Nc1cnc2c(c1)c(NC(=O)Cc1ccccc1)c(C(=O)OC)n2CC(C)C. The fraction of sp³-hybridized carbons (Fsp3) is 0.400. The molecule has 0 aliphatic rings. The van der Waals surface area contributed by atoms with Gasteiger partial charge >= 0.3 is 5.97 Å². The van der Waals surface area contributed by atoms with Crippen molar-refractivity contribution in [2.45, 2.75) is 53.1 Å². The lowest BCUT2D eigenvalue weighted by Gasteiger charge is -2.13. The number of carbonyl (C=O) groups is 2. The van der Waals surface area contributed by atoms with Gasteiger partial charge in [0.15, 0.2) is 5.69 Å². The Kier molecular flexibility index (Phi) is 7.51. The summed E-state index contributed by atoms with van der Waals surface area (Å²) >= 11 is 0. The van der Waals surface area contributed by atoms with Crippen molar-refractivity contribution in [3.8, 4) is 0 Å². The van der Waals surface area contributed by atoms with Crippen LogP contribution in [0.5, 0.6) is 0 Å². The highest BCUT2D eigenvalue weighted by molar-refractivity contribution is 6.11. The van der Waals surface area contributed by atoms with E-state index < -0.39 is 5.97 Å². The number of methoxy groups -OCH3 is 1. The number of benzene rings is 1. The van der Waals surface area contributed by atoms with Crippen molar-refractivity contribution in [1.82, 2.24) is 9.55 Å². The van der Waals surface area contributed by atoms with E-state index in [1.807, 2.05) is 41.0 Å². The van der Waals surface area contributed by atoms with Gasteiger partial charge in [0.1, 0.15) is 5.65 Å². The summed E-state index contributed by atoms with van der Waals surface area (Å²) in [6.45, 7) is 8.91. The van der Waals surface area contributed by atoms with Gasteiger partial charge in [0, 0.05) is 18.0 Å². The van der Waals surface area contributed by atoms with Crippen LogP contribution in [0.1, 0.15) is 50.2 Å². The van der Waals surface area contributed by atoms with Gasteiger partial charge in [0.2, 0.25) is 5.91 Å². The molecule has 2 aromatic heterocycles. The number of ether oxygens (including phenoxy) is 1. The maximum atomic E-state index is 12.9. The average Bonchev–Trinajstić information content (AvgIpc) is 3.05. The van der Waals surface area contributed by atoms with Crippen molar-refractivity contribution in [3.05, 3.63) is 53.9 Å². The van der Waals surface area contributed by atoms with Crippen molar-refractivity contribution in [3.63, 3.8) is 0 Å². The minimum atomic E-state index is -0.505. The number of nitrogens with zero attached hydrogens (tertiary/aromatic N) is 2. The largest absolute Gasteiger partial charge is 0.464 e. The zero-order valence-corrected chi connectivity index (χ0v) is 19.4. The number of nitrogens with one attached hydrogen (secondary N) is 2. The molecule has 3 rings (SSSR count). The molecule has 3 aromatic rings. The first-order chi connectivity index (χ1) is 15.3. The Morgan fingerprint density at radius 3 is 2.50 bits per heavy atom. The zero-order chi connectivity index (χ0) is 23.3. The molecular formula is C25H32N4O3. The Morgan fingerprint density at radius 2 is 1.88 bits per heavy atom. The molecule has 1 aromatic carbocycles. The molecule has 0 bridgehead atoms. The molecular weight excluding hydrogens is 404 g/mol. The third-order valence-corrected chi connectivity index (χ3v) is 5.32. The third-order valence-electron chi connectivity index (χ3n) is 5.32. The maximum Gasteiger partial charge on any atom is 0.356 e. The number of esters is 1. The lowest BCUT2D eigenvalue weighted by Crippen LogP contribution is -2.19. The molecule has 0 fully saturated rings. The van der Waals surface area contributed by atoms with E-state index in [1.54, 1.807) is 6.20 Å². The van der Waals surface area contributed by atoms with Gasteiger partial charge in [-0.15, -0.1) is 0 Å². The molecule has 2 heterocycles. The van der Waals surface area contributed by atoms with E-state index in [4.69, 9.17) is 4.74 Å². The first kappa shape index (κ1) is 23.3. The average molecular weight is 437 g/mol. The molecule has 2 N–H and O–H groups in total. The molecule has 0 saturated heterocycles. The van der Waals surface area contributed by atoms with Crippen LogP contribution in [0.2, 0.25) is 0 Å². The van der Waals surface area contributed by atoms with Gasteiger partial charge in [0.25, 0.3) is 0 Å². The Morgan fingerprint density at radius 1 is 1.16 bits per heavy atom. The number of pyridine rings is 1. The van der Waals surface area contributed by atoms with Gasteiger partial charge in [-0.3, -0.25) is 4.79 Å². The lowest BCUT2D eigenvalue weighted by atomic mass is 10.1. The van der Waals surface area contributed by atoms with Crippen LogP contribution in [0.15, 0.2) is 42.6 Å². The van der Waals surface area contributed by atoms with E-state index in [0.29, 0.717) is 29.0 Å². The number of hydrogen-bond donors (Lipinski definition) is 2. The van der Waals surface area contributed by atoms with Gasteiger partial charge in [0.05, 0.1) is 31.1 Å². The fourth-order valence-electron chi connectivity index (χ4n) is 3.63. The number of hydrogen-bond acceptors (Lipinski definition) is 5. The number of fused-ring (bicyclic) bond motifs is 1. The molecule has 0 saturated carbocycles. The van der Waals surface area contributed by atoms with Gasteiger partial charge in [-0.2, -0.15) is 0 Å². The molecule has 32 heavy (non-hydrogen) atoms. The molecule has 0 aliphatic heterocycles. The van der Waals surface area contributed by atoms with Crippen LogP contribution in [-0.4, -0.2) is 34.6 Å². The van der Waals surface area contributed by atoms with E-state index in [0.717, 1.165) is 17.7 Å². The van der Waals surface area contributed by atoms with Crippen molar-refractivity contribution in [2.75, 3.05) is 17.7 Å². The standard InChI is InChI=1S/C25H32N4O3/c1-6-17(4)27-19-13-20-22(28-21(30)12-18-10-8-7-9-11-18)23(25(31)32-5)29(15-16(2)3)24(20)26-14-19/h7-11,13-14,16-17,27H,6,12,15H2,1-5H3,(H,28,30). The minimum Gasteiger partial charge on any atom is -0.464 e. The highest BCUT2D eigenvalue weighted by Gasteiger charge is 2.26. The number of anilines is 2. The number of aromatic nitrogens is 2. The van der Waals surface area contributed by atoms with Crippen LogP contribution < -0.4 is 10.6 Å². The highest BCUT2D eigenvalue weighted by Crippen LogP contribution is 2.33. The summed E-state index contributed by atoms with van der Waals surface area (Å²) in [5.74, 6) is -0.443. The van der Waals surface area contributed by atoms with Gasteiger partial charge < -0.3 is 19.9 Å². The van der Waals surface area contributed by atoms with Crippen LogP contribution in [0.25, 0.3) is 11.0 Å². The van der Waals surface area contributed by atoms with Crippen molar-refractivity contribution in [2.24, 2.45) is 5.92 Å². The van der Waals surface area contributed by atoms with E-state index in [2.05, 4.69) is 43.3 Å². The van der Waals surface area contributed by atoms with Crippen LogP contribution in [0.3, 0.4) is 0 Å². The highest BCUT2D eigenvalue weighted by atomic mass is 16.5. The summed E-state index contributed by atoms with van der Waals surface area (Å²) in [7, 11) is 1.35. The summed E-state index contributed by atoms with van der Waals surface area (Å²) in [5, 5.41) is 7.10. The van der Waals surface area contributed by atoms with E-state index >= 15 is 0 Å². The Bertz CT molecular complexity index is 1090. The molecule has 1 amide bonds. The Balaban J connectivity index is 2.11. The second-order valence-corrected chi connectivity index (χ2v) is 8.48. The molecule has 1 atom stereocenters. The monoisotopic (exact) mass is 436 g/mol. The molecule has 7 nitrogen and oxygen atoms in total. The zero-order valence-electron chi connectivity index (χ0n) is 19.4. The van der Waals surface area contributed by atoms with E-state index in [-0.39, 0.29) is 24.3 Å². The summed E-state index contributed by atoms with van der Waals surface area (Å²) in [5.41, 5.74) is 3.12. The maximum absolute atomic E-state index is 12.9. The van der Waals surface area contributed by atoms with Gasteiger partial charge in [-0.05, 0) is 30.9 Å². The Hall–Kier alpha value is -3.35. The molecule has 170 valence electrons. The molecule has 0 aliphatic carbocycles. The topological polar surface area (TPSA) is 85.2 Å². The van der Waals surface area contributed by atoms with E-state index in [1.165, 1.54) is 7.11 Å². The predicted molar refractivity (Wildman–Crippen MR) is 128 cm³/mol. The Labute approximate surface area is 189 Å². The van der Waals surface area contributed by atoms with Crippen LogP contribution >= 0.6 is 0 Å². The summed E-state index contributed by atoms with van der Waals surface area (Å²) in [6.07, 6.45) is 2.93. The van der Waals surface area contributed by atoms with Crippen molar-refractivity contribution >= 4 is 34.3 Å². The van der Waals surface area contributed by atoms with Gasteiger partial charge in [-0.25, -0.2) is 9.78 Å². The van der Waals surface area contributed by atoms with Crippen LogP contribution in [0, 0.1) is 5.92 Å². The van der Waals surface area contributed by atoms with Crippen molar-refractivity contribution < 1.29 is 14.3 Å². The molecule has 7 heteroatoms.